The van der Waals surface area contributed by atoms with Crippen molar-refractivity contribution in [2.45, 2.75) is 6.92 Å². The lowest BCUT2D eigenvalue weighted by molar-refractivity contribution is 0.102. The molecule has 3 aromatic carbocycles. The number of carbonyl (C=O) groups excluding carboxylic acids is 1. The van der Waals surface area contributed by atoms with E-state index in [-0.39, 0.29) is 5.91 Å². The molecule has 0 aliphatic heterocycles. The number of rotatable bonds is 3. The second kappa shape index (κ2) is 5.98. The molecule has 0 radical (unpaired) electrons. The number of aryl methyl sites for hydroxylation is 1. The van der Waals surface area contributed by atoms with Gasteiger partial charge >= 0.3 is 0 Å². The number of carbonyl (C=O) groups is 1. The minimum atomic E-state index is -0.183. The summed E-state index contributed by atoms with van der Waals surface area (Å²) in [6, 6.07) is 19.0. The molecule has 1 aromatic heterocycles. The molecule has 0 spiro atoms. The largest absolute Gasteiger partial charge is 0.495 e. The number of amides is 1. The van der Waals surface area contributed by atoms with Gasteiger partial charge < -0.3 is 14.5 Å². The number of para-hydroxylation sites is 1. The maximum Gasteiger partial charge on any atom is 0.255 e. The number of nitrogens with one attached hydrogen (secondary N) is 1. The quantitative estimate of drug-likeness (QED) is 0.564. The van der Waals surface area contributed by atoms with Crippen molar-refractivity contribution in [1.29, 1.82) is 0 Å². The van der Waals surface area contributed by atoms with Gasteiger partial charge in [0.25, 0.3) is 5.91 Å². The molecule has 0 saturated carbocycles. The van der Waals surface area contributed by atoms with Gasteiger partial charge in [0.1, 0.15) is 16.9 Å². The van der Waals surface area contributed by atoms with Crippen LogP contribution in [0.5, 0.6) is 5.75 Å². The predicted octanol–water partition coefficient (Wildman–Crippen LogP) is 5.16. The maximum atomic E-state index is 12.5. The van der Waals surface area contributed by atoms with Crippen LogP contribution in [0.15, 0.2) is 65.1 Å². The summed E-state index contributed by atoms with van der Waals surface area (Å²) in [6.45, 7) is 1.96. The van der Waals surface area contributed by atoms with E-state index in [1.165, 1.54) is 0 Å². The van der Waals surface area contributed by atoms with Crippen LogP contribution < -0.4 is 10.1 Å². The highest BCUT2D eigenvalue weighted by Gasteiger charge is 2.15. The lowest BCUT2D eigenvalue weighted by Crippen LogP contribution is -2.12. The first-order chi connectivity index (χ1) is 12.2. The molecule has 25 heavy (non-hydrogen) atoms. The minimum absolute atomic E-state index is 0.183. The average molecular weight is 331 g/mol. The molecule has 0 saturated heterocycles. The van der Waals surface area contributed by atoms with E-state index in [9.17, 15) is 4.79 Å². The van der Waals surface area contributed by atoms with Crippen LogP contribution in [-0.4, -0.2) is 13.0 Å². The third-order valence-electron chi connectivity index (χ3n) is 4.23. The fourth-order valence-electron chi connectivity index (χ4n) is 3.00. The van der Waals surface area contributed by atoms with Gasteiger partial charge in [-0.1, -0.05) is 35.9 Å². The summed E-state index contributed by atoms with van der Waals surface area (Å²) < 4.78 is 11.4. The van der Waals surface area contributed by atoms with Crippen molar-refractivity contribution in [3.8, 4) is 5.75 Å². The Kier molecular flexibility index (Phi) is 3.65. The fraction of sp³-hybridized carbons (Fsp3) is 0.0952. The molecule has 1 heterocycles. The lowest BCUT2D eigenvalue weighted by atomic mass is 10.1. The number of fused-ring (bicyclic) bond motifs is 3. The molecule has 0 atom stereocenters. The molecule has 0 aliphatic rings. The van der Waals surface area contributed by atoms with Gasteiger partial charge in [-0.2, -0.15) is 0 Å². The zero-order chi connectivity index (χ0) is 17.4. The molecule has 0 bridgehead atoms. The van der Waals surface area contributed by atoms with Gasteiger partial charge in [0.2, 0.25) is 0 Å². The summed E-state index contributed by atoms with van der Waals surface area (Å²) >= 11 is 0. The highest BCUT2D eigenvalue weighted by molar-refractivity contribution is 6.10. The summed E-state index contributed by atoms with van der Waals surface area (Å²) in [6.07, 6.45) is 0. The molecule has 4 rings (SSSR count). The zero-order valence-corrected chi connectivity index (χ0v) is 14.0. The second-order valence-electron chi connectivity index (χ2n) is 5.97. The first kappa shape index (κ1) is 15.3. The second-order valence-corrected chi connectivity index (χ2v) is 5.97. The van der Waals surface area contributed by atoms with Crippen molar-refractivity contribution in [3.63, 3.8) is 0 Å². The van der Waals surface area contributed by atoms with Crippen LogP contribution in [0.3, 0.4) is 0 Å². The topological polar surface area (TPSA) is 51.5 Å². The van der Waals surface area contributed by atoms with Crippen LogP contribution >= 0.6 is 0 Å². The van der Waals surface area contributed by atoms with Crippen LogP contribution in [0.2, 0.25) is 0 Å². The van der Waals surface area contributed by atoms with E-state index >= 15 is 0 Å². The van der Waals surface area contributed by atoms with Crippen molar-refractivity contribution in [2.24, 2.45) is 0 Å². The molecule has 4 aromatic rings. The number of hydrogen-bond acceptors (Lipinski definition) is 3. The summed E-state index contributed by atoms with van der Waals surface area (Å²) in [7, 11) is 1.59. The zero-order valence-electron chi connectivity index (χ0n) is 14.0. The van der Waals surface area contributed by atoms with Crippen molar-refractivity contribution < 1.29 is 13.9 Å². The molecule has 1 N–H and O–H groups in total. The lowest BCUT2D eigenvalue weighted by Gasteiger charge is -2.10. The Balaban J connectivity index is 1.78. The molecule has 1 amide bonds. The van der Waals surface area contributed by atoms with Crippen LogP contribution in [0.1, 0.15) is 15.9 Å². The third-order valence-corrected chi connectivity index (χ3v) is 4.23. The van der Waals surface area contributed by atoms with Crippen molar-refractivity contribution in [1.82, 2.24) is 0 Å². The van der Waals surface area contributed by atoms with Gasteiger partial charge in [-0.25, -0.2) is 0 Å². The Bertz CT molecular complexity index is 1090. The van der Waals surface area contributed by atoms with Gasteiger partial charge in [-0.05, 0) is 31.2 Å². The van der Waals surface area contributed by atoms with Crippen LogP contribution in [-0.2, 0) is 0 Å². The number of hydrogen-bond donors (Lipinski definition) is 1. The fourth-order valence-corrected chi connectivity index (χ4v) is 3.00. The Morgan fingerprint density at radius 2 is 1.80 bits per heavy atom. The summed E-state index contributed by atoms with van der Waals surface area (Å²) in [5.74, 6) is 0.414. The van der Waals surface area contributed by atoms with Crippen molar-refractivity contribution in [2.75, 3.05) is 12.4 Å². The first-order valence-corrected chi connectivity index (χ1v) is 8.03. The molecule has 124 valence electrons. The number of methoxy groups -OCH3 is 1. The Labute approximate surface area is 145 Å². The third kappa shape index (κ3) is 2.72. The van der Waals surface area contributed by atoms with E-state index in [0.29, 0.717) is 22.6 Å². The Morgan fingerprint density at radius 1 is 0.960 bits per heavy atom. The number of benzene rings is 3. The minimum Gasteiger partial charge on any atom is -0.495 e. The predicted molar refractivity (Wildman–Crippen MR) is 99.4 cm³/mol. The average Bonchev–Trinajstić information content (AvgIpc) is 2.98. The monoisotopic (exact) mass is 331 g/mol. The van der Waals surface area contributed by atoms with Gasteiger partial charge in [0, 0.05) is 22.4 Å². The van der Waals surface area contributed by atoms with Gasteiger partial charge in [0.05, 0.1) is 12.8 Å². The normalized spacial score (nSPS) is 11.0. The van der Waals surface area contributed by atoms with Crippen LogP contribution in [0.4, 0.5) is 5.69 Å². The van der Waals surface area contributed by atoms with Crippen LogP contribution in [0, 0.1) is 6.92 Å². The molecular formula is C21H17NO3. The molecule has 4 heteroatoms. The Morgan fingerprint density at radius 3 is 2.60 bits per heavy atom. The number of ether oxygens (including phenoxy) is 1. The van der Waals surface area contributed by atoms with E-state index in [0.717, 1.165) is 21.9 Å². The van der Waals surface area contributed by atoms with Gasteiger partial charge in [0.15, 0.2) is 0 Å². The molecule has 0 fully saturated rings. The van der Waals surface area contributed by atoms with E-state index in [1.807, 2.05) is 61.5 Å². The van der Waals surface area contributed by atoms with Crippen molar-refractivity contribution >= 4 is 33.5 Å². The number of anilines is 1. The van der Waals surface area contributed by atoms with Gasteiger partial charge in [-0.3, -0.25) is 4.79 Å². The molecule has 0 unspecified atom stereocenters. The Hall–Kier alpha value is -3.27. The van der Waals surface area contributed by atoms with E-state index in [4.69, 9.17) is 9.15 Å². The highest BCUT2D eigenvalue weighted by atomic mass is 16.5. The SMILES string of the molecule is COc1cc2c(cc1NC(=O)c1cccc(C)c1)oc1ccccc12. The standard InChI is InChI=1S/C21H17NO3/c1-13-6-5-7-14(10-13)21(23)22-17-12-19-16(11-20(17)24-2)15-8-3-4-9-18(15)25-19/h3-12H,1-2H3,(H,22,23). The highest BCUT2D eigenvalue weighted by Crippen LogP contribution is 2.36. The summed E-state index contributed by atoms with van der Waals surface area (Å²) in [5.41, 5.74) is 3.74. The molecule has 4 nitrogen and oxygen atoms in total. The summed E-state index contributed by atoms with van der Waals surface area (Å²) in [4.78, 5) is 12.5. The van der Waals surface area contributed by atoms with Crippen LogP contribution in [0.25, 0.3) is 21.9 Å². The summed E-state index contributed by atoms with van der Waals surface area (Å²) in [5, 5.41) is 4.90. The van der Waals surface area contributed by atoms with Gasteiger partial charge in [-0.15, -0.1) is 0 Å². The molecular weight excluding hydrogens is 314 g/mol. The van der Waals surface area contributed by atoms with Crippen molar-refractivity contribution in [3.05, 3.63) is 71.8 Å². The first-order valence-electron chi connectivity index (χ1n) is 8.03. The van der Waals surface area contributed by atoms with E-state index in [1.54, 1.807) is 13.2 Å². The van der Waals surface area contributed by atoms with E-state index in [2.05, 4.69) is 5.32 Å². The smallest absolute Gasteiger partial charge is 0.255 e. The number of furan rings is 1. The van der Waals surface area contributed by atoms with E-state index < -0.39 is 0 Å². The molecule has 0 aliphatic carbocycles. The maximum absolute atomic E-state index is 12.5.